The standard InChI is InChI=1S/C25H39IN4O3/c1-5-30(26)22(31)12-18-28-20-24(29(23(28)32)17-9-19-33-4)13-15-25(16-14-24,27(2)3)21-10-7-6-8-11-21/h6-8,10-11H,5,9,12-20H2,1-4H3/t24-,25+. The summed E-state index contributed by atoms with van der Waals surface area (Å²) in [5.74, 6) is 0.0807. The van der Waals surface area contributed by atoms with Gasteiger partial charge in [-0.05, 0) is 58.7 Å². The number of ether oxygens (including phenoxy) is 1. The highest BCUT2D eigenvalue weighted by molar-refractivity contribution is 14.1. The van der Waals surface area contributed by atoms with E-state index in [4.69, 9.17) is 4.74 Å². The number of hydrogen-bond donors (Lipinski definition) is 0. The van der Waals surface area contributed by atoms with Crippen molar-refractivity contribution in [2.24, 2.45) is 0 Å². The number of carbonyl (C=O) groups excluding carboxylic acids is 2. The first kappa shape index (κ1) is 26.2. The van der Waals surface area contributed by atoms with Gasteiger partial charge in [0.25, 0.3) is 0 Å². The number of rotatable bonds is 10. The maximum Gasteiger partial charge on any atom is 0.320 e. The van der Waals surface area contributed by atoms with Crippen molar-refractivity contribution in [1.29, 1.82) is 0 Å². The molecule has 1 aromatic rings. The topological polar surface area (TPSA) is 56.3 Å². The van der Waals surface area contributed by atoms with E-state index in [1.165, 1.54) is 5.56 Å². The lowest BCUT2D eigenvalue weighted by Crippen LogP contribution is -2.55. The Balaban J connectivity index is 1.78. The minimum Gasteiger partial charge on any atom is -0.385 e. The normalized spacial score (nSPS) is 25.3. The molecule has 3 amide bonds. The van der Waals surface area contributed by atoms with Gasteiger partial charge < -0.3 is 14.5 Å². The van der Waals surface area contributed by atoms with Gasteiger partial charge in [0.15, 0.2) is 0 Å². The molecule has 0 unspecified atom stereocenters. The van der Waals surface area contributed by atoms with Crippen LogP contribution in [0.25, 0.3) is 0 Å². The van der Waals surface area contributed by atoms with Crippen LogP contribution in [-0.2, 0) is 15.1 Å². The molecule has 1 aromatic carbocycles. The summed E-state index contributed by atoms with van der Waals surface area (Å²) >= 11 is 2.05. The summed E-state index contributed by atoms with van der Waals surface area (Å²) < 4.78 is 6.96. The number of amides is 3. The Bertz CT molecular complexity index is 796. The molecule has 1 saturated carbocycles. The third-order valence-electron chi connectivity index (χ3n) is 7.61. The fourth-order valence-electron chi connectivity index (χ4n) is 5.58. The van der Waals surface area contributed by atoms with E-state index in [1.54, 1.807) is 10.2 Å². The molecular weight excluding hydrogens is 531 g/mol. The predicted molar refractivity (Wildman–Crippen MR) is 139 cm³/mol. The second kappa shape index (κ2) is 11.4. The van der Waals surface area contributed by atoms with Crippen LogP contribution in [0.15, 0.2) is 30.3 Å². The van der Waals surface area contributed by atoms with E-state index in [-0.39, 0.29) is 23.0 Å². The van der Waals surface area contributed by atoms with E-state index in [0.717, 1.165) is 32.1 Å². The SMILES string of the molecule is CCN(I)C(=O)CCN1C[C@]2(CC[C@](c3ccccc3)(N(C)C)CC2)N(CCCOC)C1=O. The maximum atomic E-state index is 13.5. The molecule has 2 fully saturated rings. The van der Waals surface area contributed by atoms with Gasteiger partial charge >= 0.3 is 6.03 Å². The van der Waals surface area contributed by atoms with Crippen molar-refractivity contribution in [3.05, 3.63) is 35.9 Å². The molecule has 3 rings (SSSR count). The summed E-state index contributed by atoms with van der Waals surface area (Å²) in [5.41, 5.74) is 1.17. The van der Waals surface area contributed by atoms with Gasteiger partial charge in [-0.15, -0.1) is 0 Å². The molecule has 0 bridgehead atoms. The third kappa shape index (κ3) is 5.48. The molecule has 0 radical (unpaired) electrons. The lowest BCUT2D eigenvalue weighted by atomic mass is 9.68. The smallest absolute Gasteiger partial charge is 0.320 e. The summed E-state index contributed by atoms with van der Waals surface area (Å²) in [6, 6.07) is 10.8. The Morgan fingerprint density at radius 2 is 1.79 bits per heavy atom. The first-order chi connectivity index (χ1) is 15.8. The van der Waals surface area contributed by atoms with Crippen LogP contribution >= 0.6 is 22.9 Å². The Labute approximate surface area is 212 Å². The minimum atomic E-state index is -0.170. The number of methoxy groups -OCH3 is 1. The quantitative estimate of drug-likeness (QED) is 0.241. The molecule has 0 aromatic heterocycles. The minimum absolute atomic E-state index is 0.0139. The molecule has 0 N–H and O–H groups in total. The zero-order chi connectivity index (χ0) is 24.1. The highest BCUT2D eigenvalue weighted by atomic mass is 127. The first-order valence-electron chi connectivity index (χ1n) is 12.0. The fourth-order valence-corrected chi connectivity index (χ4v) is 5.83. The largest absolute Gasteiger partial charge is 0.385 e. The van der Waals surface area contributed by atoms with Crippen LogP contribution in [0.2, 0.25) is 0 Å². The van der Waals surface area contributed by atoms with Gasteiger partial charge in [-0.1, -0.05) is 30.3 Å². The van der Waals surface area contributed by atoms with Crippen LogP contribution in [-0.4, -0.2) is 89.3 Å². The number of benzene rings is 1. The Morgan fingerprint density at radius 1 is 1.12 bits per heavy atom. The molecule has 7 nitrogen and oxygen atoms in total. The van der Waals surface area contributed by atoms with Crippen molar-refractivity contribution in [3.8, 4) is 0 Å². The molecule has 0 atom stereocenters. The molecule has 1 aliphatic heterocycles. The Morgan fingerprint density at radius 3 is 2.36 bits per heavy atom. The number of hydrogen-bond acceptors (Lipinski definition) is 4. The summed E-state index contributed by atoms with van der Waals surface area (Å²) in [6.45, 7) is 5.17. The van der Waals surface area contributed by atoms with Crippen molar-refractivity contribution in [2.75, 3.05) is 54.0 Å². The summed E-state index contributed by atoms with van der Waals surface area (Å²) in [5, 5.41) is 0. The monoisotopic (exact) mass is 570 g/mol. The van der Waals surface area contributed by atoms with Crippen LogP contribution in [0.4, 0.5) is 4.79 Å². The first-order valence-corrected chi connectivity index (χ1v) is 13.0. The summed E-state index contributed by atoms with van der Waals surface area (Å²) in [4.78, 5) is 32.2. The van der Waals surface area contributed by atoms with E-state index in [1.807, 2.05) is 11.8 Å². The third-order valence-corrected chi connectivity index (χ3v) is 8.83. The van der Waals surface area contributed by atoms with Crippen LogP contribution in [0.3, 0.4) is 0 Å². The van der Waals surface area contributed by atoms with Gasteiger partial charge in [-0.25, -0.2) is 4.79 Å². The molecule has 1 saturated heterocycles. The van der Waals surface area contributed by atoms with Gasteiger partial charge in [0.1, 0.15) is 0 Å². The summed E-state index contributed by atoms with van der Waals surface area (Å²) in [6.07, 6.45) is 5.11. The highest BCUT2D eigenvalue weighted by Crippen LogP contribution is 2.48. The van der Waals surface area contributed by atoms with Gasteiger partial charge in [0, 0.05) is 51.9 Å². The van der Waals surface area contributed by atoms with Gasteiger partial charge in [-0.3, -0.25) is 12.8 Å². The molecular formula is C25H39IN4O3. The van der Waals surface area contributed by atoms with Crippen molar-refractivity contribution >= 4 is 34.8 Å². The molecule has 184 valence electrons. The second-order valence-corrected chi connectivity index (χ2v) is 10.7. The molecule has 1 aliphatic carbocycles. The molecule has 2 aliphatic rings. The van der Waals surface area contributed by atoms with Crippen molar-refractivity contribution in [3.63, 3.8) is 0 Å². The van der Waals surface area contributed by atoms with E-state index in [0.29, 0.717) is 39.2 Å². The van der Waals surface area contributed by atoms with Crippen LogP contribution in [0.1, 0.15) is 51.0 Å². The van der Waals surface area contributed by atoms with Crippen molar-refractivity contribution in [1.82, 2.24) is 17.8 Å². The van der Waals surface area contributed by atoms with Crippen molar-refractivity contribution < 1.29 is 14.3 Å². The van der Waals surface area contributed by atoms with E-state index >= 15 is 0 Å². The maximum absolute atomic E-state index is 13.5. The van der Waals surface area contributed by atoms with Gasteiger partial charge in [0.2, 0.25) is 5.91 Å². The molecule has 8 heteroatoms. The lowest BCUT2D eigenvalue weighted by molar-refractivity contribution is -0.125. The Hall–Kier alpha value is -1.39. The predicted octanol–water partition coefficient (Wildman–Crippen LogP) is 4.12. The van der Waals surface area contributed by atoms with Gasteiger partial charge in [0.05, 0.1) is 28.4 Å². The van der Waals surface area contributed by atoms with Crippen LogP contribution in [0.5, 0.6) is 0 Å². The van der Waals surface area contributed by atoms with Crippen LogP contribution in [0, 0.1) is 0 Å². The zero-order valence-corrected chi connectivity index (χ0v) is 22.7. The summed E-state index contributed by atoms with van der Waals surface area (Å²) in [7, 11) is 6.04. The van der Waals surface area contributed by atoms with Crippen LogP contribution < -0.4 is 0 Å². The van der Waals surface area contributed by atoms with Crippen molar-refractivity contribution in [2.45, 2.75) is 56.5 Å². The molecule has 1 heterocycles. The second-order valence-electron chi connectivity index (χ2n) is 9.54. The number of urea groups is 1. The zero-order valence-electron chi connectivity index (χ0n) is 20.6. The molecule has 1 spiro atoms. The number of halogens is 1. The average Bonchev–Trinajstić information content (AvgIpc) is 3.08. The van der Waals surface area contributed by atoms with E-state index < -0.39 is 0 Å². The number of carbonyl (C=O) groups is 2. The average molecular weight is 571 g/mol. The molecule has 33 heavy (non-hydrogen) atoms. The highest BCUT2D eigenvalue weighted by Gasteiger charge is 2.54. The van der Waals surface area contributed by atoms with Gasteiger partial charge in [-0.2, -0.15) is 0 Å². The van der Waals surface area contributed by atoms with E-state index in [2.05, 4.69) is 77.1 Å². The fraction of sp³-hybridized carbons (Fsp3) is 0.680. The lowest BCUT2D eigenvalue weighted by Gasteiger charge is -2.51. The van der Waals surface area contributed by atoms with E-state index in [9.17, 15) is 9.59 Å². The Kier molecular flexibility index (Phi) is 9.02. The number of nitrogens with zero attached hydrogens (tertiary/aromatic N) is 4.